The van der Waals surface area contributed by atoms with Crippen molar-refractivity contribution in [2.45, 2.75) is 51.5 Å². The van der Waals surface area contributed by atoms with Crippen LogP contribution in [-0.2, 0) is 4.79 Å². The minimum absolute atomic E-state index is 0.00601. The van der Waals surface area contributed by atoms with E-state index in [1.807, 2.05) is 0 Å². The Labute approximate surface area is 98.6 Å². The van der Waals surface area contributed by atoms with Gasteiger partial charge in [0, 0.05) is 31.6 Å². The Bertz CT molecular complexity index is 257. The molecule has 1 saturated carbocycles. The predicted octanol–water partition coefficient (Wildman–Crippen LogP) is 1.78. The molecular weight excluding hydrogens is 200 g/mol. The van der Waals surface area contributed by atoms with Gasteiger partial charge in [0.25, 0.3) is 0 Å². The molecule has 1 amide bonds. The molecule has 0 spiro atoms. The molecule has 0 atom stereocenters. The first kappa shape index (κ1) is 11.9. The van der Waals surface area contributed by atoms with E-state index in [0.717, 1.165) is 26.1 Å². The van der Waals surface area contributed by atoms with Crippen molar-refractivity contribution in [1.82, 2.24) is 10.2 Å². The van der Waals surface area contributed by atoms with Crippen LogP contribution in [0.4, 0.5) is 0 Å². The number of amides is 1. The molecule has 1 heterocycles. The van der Waals surface area contributed by atoms with Crippen molar-refractivity contribution in [1.29, 1.82) is 0 Å². The summed E-state index contributed by atoms with van der Waals surface area (Å²) in [6, 6.07) is 0. The van der Waals surface area contributed by atoms with Crippen molar-refractivity contribution < 1.29 is 4.79 Å². The van der Waals surface area contributed by atoms with Gasteiger partial charge in [-0.2, -0.15) is 0 Å². The molecule has 2 fully saturated rings. The van der Waals surface area contributed by atoms with Gasteiger partial charge in [0.15, 0.2) is 0 Å². The van der Waals surface area contributed by atoms with Gasteiger partial charge in [-0.15, -0.1) is 0 Å². The van der Waals surface area contributed by atoms with Gasteiger partial charge in [0.1, 0.15) is 0 Å². The molecule has 0 unspecified atom stereocenters. The number of nitrogens with zero attached hydrogens (tertiary/aromatic N) is 1. The van der Waals surface area contributed by atoms with Gasteiger partial charge in [-0.05, 0) is 32.6 Å². The molecular formula is C13H24N2O. The Hall–Kier alpha value is -0.570. The number of nitrogens with one attached hydrogen (secondary N) is 1. The molecule has 0 aromatic heterocycles. The number of carbonyl (C=O) groups is 1. The van der Waals surface area contributed by atoms with E-state index in [1.54, 1.807) is 0 Å². The monoisotopic (exact) mass is 224 g/mol. The highest BCUT2D eigenvalue weighted by Gasteiger charge is 2.34. The Morgan fingerprint density at radius 2 is 2.06 bits per heavy atom. The van der Waals surface area contributed by atoms with Gasteiger partial charge in [-0.1, -0.05) is 12.8 Å². The number of hydrogen-bond donors (Lipinski definition) is 1. The Morgan fingerprint density at radius 3 is 2.69 bits per heavy atom. The summed E-state index contributed by atoms with van der Waals surface area (Å²) >= 11 is 0. The van der Waals surface area contributed by atoms with Gasteiger partial charge in [-0.3, -0.25) is 4.79 Å². The summed E-state index contributed by atoms with van der Waals surface area (Å²) in [5.41, 5.74) is -0.00601. The van der Waals surface area contributed by atoms with Crippen LogP contribution in [0.2, 0.25) is 0 Å². The molecule has 3 heteroatoms. The van der Waals surface area contributed by atoms with Crippen molar-refractivity contribution in [3.63, 3.8) is 0 Å². The molecule has 92 valence electrons. The zero-order chi connectivity index (χ0) is 11.6. The quantitative estimate of drug-likeness (QED) is 0.775. The molecule has 16 heavy (non-hydrogen) atoms. The van der Waals surface area contributed by atoms with E-state index in [-0.39, 0.29) is 5.54 Å². The lowest BCUT2D eigenvalue weighted by Gasteiger charge is -2.43. The maximum atomic E-state index is 12.3. The van der Waals surface area contributed by atoms with Crippen LogP contribution < -0.4 is 5.32 Å². The van der Waals surface area contributed by atoms with Gasteiger partial charge in [0.05, 0.1) is 0 Å². The van der Waals surface area contributed by atoms with E-state index >= 15 is 0 Å². The van der Waals surface area contributed by atoms with Gasteiger partial charge >= 0.3 is 0 Å². The van der Waals surface area contributed by atoms with E-state index in [0.29, 0.717) is 11.8 Å². The minimum Gasteiger partial charge on any atom is -0.335 e. The fraction of sp³-hybridized carbons (Fsp3) is 0.923. The van der Waals surface area contributed by atoms with E-state index in [2.05, 4.69) is 24.1 Å². The molecule has 1 saturated heterocycles. The second-order valence-corrected chi connectivity index (χ2v) is 5.89. The summed E-state index contributed by atoms with van der Waals surface area (Å²) in [5, 5.41) is 3.36. The third-order valence-corrected chi connectivity index (χ3v) is 4.04. The first-order valence-corrected chi connectivity index (χ1v) is 6.61. The van der Waals surface area contributed by atoms with E-state index in [4.69, 9.17) is 0 Å². The van der Waals surface area contributed by atoms with E-state index in [9.17, 15) is 4.79 Å². The number of carbonyl (C=O) groups excluding carboxylic acids is 1. The van der Waals surface area contributed by atoms with Gasteiger partial charge < -0.3 is 10.2 Å². The normalized spacial score (nSPS) is 26.0. The second kappa shape index (κ2) is 4.74. The fourth-order valence-electron chi connectivity index (χ4n) is 3.02. The molecule has 1 N–H and O–H groups in total. The zero-order valence-electron chi connectivity index (χ0n) is 10.6. The van der Waals surface area contributed by atoms with Crippen molar-refractivity contribution in [2.24, 2.45) is 5.92 Å². The van der Waals surface area contributed by atoms with Crippen LogP contribution in [0.5, 0.6) is 0 Å². The maximum Gasteiger partial charge on any atom is 0.223 e. The van der Waals surface area contributed by atoms with Crippen LogP contribution in [0.25, 0.3) is 0 Å². The third kappa shape index (κ3) is 2.57. The number of piperazine rings is 1. The Kier molecular flexibility index (Phi) is 3.53. The van der Waals surface area contributed by atoms with Gasteiger partial charge in [0.2, 0.25) is 5.91 Å². The number of hydrogen-bond acceptors (Lipinski definition) is 2. The van der Waals surface area contributed by atoms with Crippen LogP contribution in [0.15, 0.2) is 0 Å². The van der Waals surface area contributed by atoms with Crippen LogP contribution in [0, 0.1) is 5.92 Å². The van der Waals surface area contributed by atoms with Crippen LogP contribution in [0.1, 0.15) is 46.0 Å². The average Bonchev–Trinajstić information content (AvgIpc) is 2.69. The lowest BCUT2D eigenvalue weighted by Crippen LogP contribution is -2.60. The van der Waals surface area contributed by atoms with E-state index < -0.39 is 0 Å². The third-order valence-electron chi connectivity index (χ3n) is 4.04. The summed E-state index contributed by atoms with van der Waals surface area (Å²) in [4.78, 5) is 14.4. The molecule has 0 aromatic carbocycles. The topological polar surface area (TPSA) is 32.3 Å². The highest BCUT2D eigenvalue weighted by molar-refractivity contribution is 5.77. The van der Waals surface area contributed by atoms with Crippen LogP contribution >= 0.6 is 0 Å². The number of rotatable bonds is 2. The molecule has 0 bridgehead atoms. The molecule has 0 aromatic rings. The van der Waals surface area contributed by atoms with Crippen molar-refractivity contribution in [3.8, 4) is 0 Å². The summed E-state index contributed by atoms with van der Waals surface area (Å²) in [6.45, 7) is 7.05. The van der Waals surface area contributed by atoms with Crippen LogP contribution in [-0.4, -0.2) is 36.0 Å². The maximum absolute atomic E-state index is 12.3. The summed E-state index contributed by atoms with van der Waals surface area (Å²) in [5.74, 6) is 1.04. The van der Waals surface area contributed by atoms with Crippen LogP contribution in [0.3, 0.4) is 0 Å². The second-order valence-electron chi connectivity index (χ2n) is 5.89. The standard InChI is InChI=1S/C13H24N2O/c1-13(2)10-14-7-8-15(13)12(16)9-11-5-3-4-6-11/h11,14H,3-10H2,1-2H3. The zero-order valence-corrected chi connectivity index (χ0v) is 10.6. The summed E-state index contributed by atoms with van der Waals surface area (Å²) in [6.07, 6.45) is 5.95. The predicted molar refractivity (Wildman–Crippen MR) is 65.2 cm³/mol. The minimum atomic E-state index is -0.00601. The highest BCUT2D eigenvalue weighted by atomic mass is 16.2. The Morgan fingerprint density at radius 1 is 1.38 bits per heavy atom. The molecule has 2 rings (SSSR count). The smallest absolute Gasteiger partial charge is 0.223 e. The van der Waals surface area contributed by atoms with E-state index in [1.165, 1.54) is 25.7 Å². The Balaban J connectivity index is 1.91. The van der Waals surface area contributed by atoms with Gasteiger partial charge in [-0.25, -0.2) is 0 Å². The fourth-order valence-corrected chi connectivity index (χ4v) is 3.02. The summed E-state index contributed by atoms with van der Waals surface area (Å²) < 4.78 is 0. The van der Waals surface area contributed by atoms with Crippen molar-refractivity contribution in [3.05, 3.63) is 0 Å². The lowest BCUT2D eigenvalue weighted by atomic mass is 9.97. The highest BCUT2D eigenvalue weighted by Crippen LogP contribution is 2.29. The molecule has 1 aliphatic carbocycles. The molecule has 3 nitrogen and oxygen atoms in total. The van der Waals surface area contributed by atoms with Crippen molar-refractivity contribution >= 4 is 5.91 Å². The molecule has 1 aliphatic heterocycles. The lowest BCUT2D eigenvalue weighted by molar-refractivity contribution is -0.138. The summed E-state index contributed by atoms with van der Waals surface area (Å²) in [7, 11) is 0. The SMILES string of the molecule is CC1(C)CNCCN1C(=O)CC1CCCC1. The largest absolute Gasteiger partial charge is 0.335 e. The first-order valence-electron chi connectivity index (χ1n) is 6.61. The van der Waals surface area contributed by atoms with Crippen molar-refractivity contribution in [2.75, 3.05) is 19.6 Å². The molecule has 0 radical (unpaired) electrons. The molecule has 2 aliphatic rings. The first-order chi connectivity index (χ1) is 7.59. The average molecular weight is 224 g/mol.